The Morgan fingerprint density at radius 2 is 2.50 bits per heavy atom. The van der Waals surface area contributed by atoms with Crippen LogP contribution in [-0.4, -0.2) is 42.1 Å². The highest BCUT2D eigenvalue weighted by molar-refractivity contribution is 7.15. The maximum absolute atomic E-state index is 11.6. The summed E-state index contributed by atoms with van der Waals surface area (Å²) in [5.41, 5.74) is 0. The number of likely N-dealkylation sites (N-methyl/N-ethyl adjacent to an activating group) is 1. The topological polar surface area (TPSA) is 57.3 Å². The van der Waals surface area contributed by atoms with E-state index in [9.17, 15) is 4.79 Å². The summed E-state index contributed by atoms with van der Waals surface area (Å²) in [4.78, 5) is 19.0. The molecule has 0 saturated carbocycles. The van der Waals surface area contributed by atoms with Crippen LogP contribution >= 0.6 is 11.3 Å². The molecular formula is C10H16N4OS. The van der Waals surface area contributed by atoms with Crippen LogP contribution in [0, 0.1) is 6.92 Å². The second-order valence-electron chi connectivity index (χ2n) is 4.12. The molecule has 1 saturated heterocycles. The van der Waals surface area contributed by atoms with E-state index in [1.54, 1.807) is 6.20 Å². The molecule has 2 heterocycles. The fourth-order valence-electron chi connectivity index (χ4n) is 1.78. The van der Waals surface area contributed by atoms with Crippen LogP contribution in [0.5, 0.6) is 0 Å². The lowest BCUT2D eigenvalue weighted by molar-refractivity contribution is 0.248. The van der Waals surface area contributed by atoms with E-state index in [1.807, 2.05) is 6.92 Å². The molecule has 1 aromatic rings. The van der Waals surface area contributed by atoms with Gasteiger partial charge >= 0.3 is 6.03 Å². The molecule has 1 aliphatic heterocycles. The van der Waals surface area contributed by atoms with Gasteiger partial charge in [-0.1, -0.05) is 0 Å². The number of hydrogen-bond acceptors (Lipinski definition) is 4. The first-order valence-corrected chi connectivity index (χ1v) is 6.13. The van der Waals surface area contributed by atoms with Crippen molar-refractivity contribution in [1.82, 2.24) is 15.2 Å². The molecule has 1 aromatic heterocycles. The molecule has 6 heteroatoms. The largest absolute Gasteiger partial charge is 0.334 e. The van der Waals surface area contributed by atoms with Gasteiger partial charge in [-0.05, 0) is 26.9 Å². The lowest BCUT2D eigenvalue weighted by atomic mass is 10.3. The Labute approximate surface area is 98.9 Å². The fraction of sp³-hybridized carbons (Fsp3) is 0.600. The quantitative estimate of drug-likeness (QED) is 0.818. The van der Waals surface area contributed by atoms with Crippen molar-refractivity contribution in [2.45, 2.75) is 19.4 Å². The zero-order chi connectivity index (χ0) is 11.5. The Morgan fingerprint density at radius 3 is 3.06 bits per heavy atom. The van der Waals surface area contributed by atoms with Crippen molar-refractivity contribution in [3.05, 3.63) is 11.1 Å². The third-order valence-corrected chi connectivity index (χ3v) is 3.40. The molecule has 2 amide bonds. The van der Waals surface area contributed by atoms with E-state index < -0.39 is 0 Å². The minimum Gasteiger partial charge on any atom is -0.334 e. The first-order chi connectivity index (χ1) is 7.63. The van der Waals surface area contributed by atoms with E-state index in [-0.39, 0.29) is 12.1 Å². The molecule has 0 aromatic carbocycles. The summed E-state index contributed by atoms with van der Waals surface area (Å²) in [5.74, 6) is 0. The molecule has 0 bridgehead atoms. The van der Waals surface area contributed by atoms with Crippen molar-refractivity contribution in [1.29, 1.82) is 0 Å². The molecule has 16 heavy (non-hydrogen) atoms. The molecule has 5 nitrogen and oxygen atoms in total. The molecule has 1 atom stereocenters. The lowest BCUT2D eigenvalue weighted by Crippen LogP contribution is -2.39. The number of hydrogen-bond donors (Lipinski definition) is 2. The van der Waals surface area contributed by atoms with E-state index in [2.05, 4.69) is 27.6 Å². The minimum absolute atomic E-state index is 0.158. The number of urea groups is 1. The number of thiazole rings is 1. The Morgan fingerprint density at radius 1 is 1.69 bits per heavy atom. The Hall–Kier alpha value is -1.14. The van der Waals surface area contributed by atoms with Crippen molar-refractivity contribution in [2.24, 2.45) is 0 Å². The highest BCUT2D eigenvalue weighted by Gasteiger charge is 2.21. The molecule has 2 N–H and O–H groups in total. The SMILES string of the molecule is Cc1cnc(NC(=O)N[C@@H]2CCN(C)C2)s1. The van der Waals surface area contributed by atoms with Crippen LogP contribution in [0.3, 0.4) is 0 Å². The van der Waals surface area contributed by atoms with Crippen LogP contribution < -0.4 is 10.6 Å². The zero-order valence-electron chi connectivity index (χ0n) is 9.49. The Balaban J connectivity index is 1.80. The number of likely N-dealkylation sites (tertiary alicyclic amines) is 1. The minimum atomic E-state index is -0.158. The molecule has 0 aliphatic carbocycles. The number of rotatable bonds is 2. The van der Waals surface area contributed by atoms with Crippen LogP contribution in [0.2, 0.25) is 0 Å². The number of nitrogens with one attached hydrogen (secondary N) is 2. The molecule has 2 rings (SSSR count). The summed E-state index contributed by atoms with van der Waals surface area (Å²) >= 11 is 1.48. The normalized spacial score (nSPS) is 21.0. The summed E-state index contributed by atoms with van der Waals surface area (Å²) in [5, 5.41) is 6.34. The Bertz CT molecular complexity index is 379. The summed E-state index contributed by atoms with van der Waals surface area (Å²) in [7, 11) is 2.06. The molecule has 1 aliphatic rings. The van der Waals surface area contributed by atoms with E-state index in [4.69, 9.17) is 0 Å². The number of anilines is 1. The van der Waals surface area contributed by atoms with Gasteiger partial charge in [0.15, 0.2) is 5.13 Å². The van der Waals surface area contributed by atoms with Gasteiger partial charge < -0.3 is 10.2 Å². The fourth-order valence-corrected chi connectivity index (χ4v) is 2.44. The van der Waals surface area contributed by atoms with Gasteiger partial charge in [-0.25, -0.2) is 9.78 Å². The highest BCUT2D eigenvalue weighted by Crippen LogP contribution is 2.16. The van der Waals surface area contributed by atoms with Crippen LogP contribution in [0.1, 0.15) is 11.3 Å². The maximum atomic E-state index is 11.6. The van der Waals surface area contributed by atoms with Crippen molar-refractivity contribution in [3.8, 4) is 0 Å². The summed E-state index contributed by atoms with van der Waals surface area (Å²) in [6, 6.07) is 0.0979. The van der Waals surface area contributed by atoms with Crippen LogP contribution in [-0.2, 0) is 0 Å². The summed E-state index contributed by atoms with van der Waals surface area (Å²) < 4.78 is 0. The third-order valence-electron chi connectivity index (χ3n) is 2.57. The second-order valence-corrected chi connectivity index (χ2v) is 5.36. The summed E-state index contributed by atoms with van der Waals surface area (Å²) in [6.45, 7) is 3.93. The molecule has 0 unspecified atom stereocenters. The van der Waals surface area contributed by atoms with Crippen molar-refractivity contribution < 1.29 is 4.79 Å². The predicted molar refractivity (Wildman–Crippen MR) is 64.9 cm³/mol. The van der Waals surface area contributed by atoms with Crippen LogP contribution in [0.4, 0.5) is 9.93 Å². The van der Waals surface area contributed by atoms with Crippen molar-refractivity contribution in [3.63, 3.8) is 0 Å². The van der Waals surface area contributed by atoms with Gasteiger partial charge in [0, 0.05) is 23.7 Å². The van der Waals surface area contributed by atoms with Gasteiger partial charge in [0.05, 0.1) is 0 Å². The van der Waals surface area contributed by atoms with Gasteiger partial charge in [0.2, 0.25) is 0 Å². The number of nitrogens with zero attached hydrogens (tertiary/aromatic N) is 2. The molecule has 1 fully saturated rings. The monoisotopic (exact) mass is 240 g/mol. The standard InChI is InChI=1S/C10H16N4OS/c1-7-5-11-10(16-7)13-9(15)12-8-3-4-14(2)6-8/h5,8H,3-4,6H2,1-2H3,(H2,11,12,13,15)/t8-/m1/s1. The van der Waals surface area contributed by atoms with E-state index in [0.29, 0.717) is 5.13 Å². The smallest absolute Gasteiger partial charge is 0.321 e. The predicted octanol–water partition coefficient (Wildman–Crippen LogP) is 1.28. The Kier molecular flexibility index (Phi) is 3.40. The van der Waals surface area contributed by atoms with Crippen molar-refractivity contribution in [2.75, 3.05) is 25.5 Å². The van der Waals surface area contributed by atoms with E-state index >= 15 is 0 Å². The van der Waals surface area contributed by atoms with Crippen LogP contribution in [0.25, 0.3) is 0 Å². The number of aryl methyl sites for hydroxylation is 1. The second kappa shape index (κ2) is 4.80. The van der Waals surface area contributed by atoms with Gasteiger partial charge in [0.1, 0.15) is 0 Å². The lowest BCUT2D eigenvalue weighted by Gasteiger charge is -2.12. The first-order valence-electron chi connectivity index (χ1n) is 5.32. The third kappa shape index (κ3) is 2.93. The van der Waals surface area contributed by atoms with Gasteiger partial charge in [0.25, 0.3) is 0 Å². The summed E-state index contributed by atoms with van der Waals surface area (Å²) in [6.07, 6.45) is 2.77. The van der Waals surface area contributed by atoms with Gasteiger partial charge in [-0.2, -0.15) is 0 Å². The maximum Gasteiger partial charge on any atom is 0.321 e. The van der Waals surface area contributed by atoms with Crippen LogP contribution in [0.15, 0.2) is 6.20 Å². The van der Waals surface area contributed by atoms with Gasteiger partial charge in [-0.15, -0.1) is 11.3 Å². The van der Waals surface area contributed by atoms with Gasteiger partial charge in [-0.3, -0.25) is 5.32 Å². The average Bonchev–Trinajstić information content (AvgIpc) is 2.76. The number of carbonyl (C=O) groups is 1. The molecular weight excluding hydrogens is 224 g/mol. The van der Waals surface area contributed by atoms with E-state index in [1.165, 1.54) is 11.3 Å². The highest BCUT2D eigenvalue weighted by atomic mass is 32.1. The van der Waals surface area contributed by atoms with E-state index in [0.717, 1.165) is 24.4 Å². The number of carbonyl (C=O) groups excluding carboxylic acids is 1. The average molecular weight is 240 g/mol. The molecule has 0 spiro atoms. The zero-order valence-corrected chi connectivity index (χ0v) is 10.3. The first kappa shape index (κ1) is 11.3. The van der Waals surface area contributed by atoms with Crippen molar-refractivity contribution >= 4 is 22.5 Å². The molecule has 88 valence electrons. The molecule has 0 radical (unpaired) electrons. The number of amides is 2. The number of aromatic nitrogens is 1.